The molecule has 0 atom stereocenters. The Kier molecular flexibility index (Phi) is 5.25. The van der Waals surface area contributed by atoms with Gasteiger partial charge in [0.15, 0.2) is 0 Å². The van der Waals surface area contributed by atoms with E-state index in [0.717, 1.165) is 5.56 Å². The van der Waals surface area contributed by atoms with Gasteiger partial charge >= 0.3 is 0 Å². The summed E-state index contributed by atoms with van der Waals surface area (Å²) in [4.78, 5) is 32.6. The number of halogens is 1. The molecule has 2 aromatic heterocycles. The van der Waals surface area contributed by atoms with Gasteiger partial charge in [0.1, 0.15) is 11.5 Å². The Morgan fingerprint density at radius 2 is 1.71 bits per heavy atom. The number of para-hydroxylation sites is 1. The maximum absolute atomic E-state index is 14.1. The molecule has 0 fully saturated rings. The van der Waals surface area contributed by atoms with Crippen molar-refractivity contribution in [2.24, 2.45) is 0 Å². The lowest BCUT2D eigenvalue weighted by atomic mass is 10.1. The normalized spacial score (nSPS) is 10.8. The van der Waals surface area contributed by atoms with Crippen LogP contribution in [0.15, 0.2) is 54.7 Å². The molecule has 6 nitrogen and oxygen atoms in total. The molecule has 0 aliphatic heterocycles. The molecule has 156 valence electrons. The van der Waals surface area contributed by atoms with E-state index in [1.807, 2.05) is 13.8 Å². The van der Waals surface area contributed by atoms with Crippen molar-refractivity contribution >= 4 is 34.1 Å². The van der Waals surface area contributed by atoms with E-state index >= 15 is 0 Å². The third kappa shape index (κ3) is 3.90. The highest BCUT2D eigenvalue weighted by atomic mass is 19.1. The van der Waals surface area contributed by atoms with Crippen molar-refractivity contribution in [1.82, 2.24) is 9.97 Å². The van der Waals surface area contributed by atoms with Gasteiger partial charge in [-0.2, -0.15) is 0 Å². The van der Waals surface area contributed by atoms with E-state index in [1.165, 1.54) is 6.07 Å². The molecular weight excluding hydrogens is 395 g/mol. The van der Waals surface area contributed by atoms with Gasteiger partial charge in [-0.1, -0.05) is 18.2 Å². The third-order valence-electron chi connectivity index (χ3n) is 5.27. The number of carbonyl (C=O) groups is 2. The number of pyridine rings is 1. The van der Waals surface area contributed by atoms with E-state index in [1.54, 1.807) is 55.6 Å². The van der Waals surface area contributed by atoms with E-state index < -0.39 is 11.7 Å². The number of aryl methyl sites for hydroxylation is 3. The third-order valence-corrected chi connectivity index (χ3v) is 5.27. The minimum Gasteiger partial charge on any atom is -0.348 e. The first-order valence-corrected chi connectivity index (χ1v) is 9.77. The lowest BCUT2D eigenvalue weighted by Gasteiger charge is -2.12. The predicted octanol–water partition coefficient (Wildman–Crippen LogP) is 5.13. The molecule has 4 aromatic rings. The summed E-state index contributed by atoms with van der Waals surface area (Å²) < 4.78 is 14.1. The number of carbonyl (C=O) groups excluding carboxylic acids is 2. The zero-order chi connectivity index (χ0) is 22.1. The lowest BCUT2D eigenvalue weighted by Crippen LogP contribution is -2.17. The summed E-state index contributed by atoms with van der Waals surface area (Å²) in [7, 11) is 0. The van der Waals surface area contributed by atoms with E-state index in [0.29, 0.717) is 39.1 Å². The number of nitrogens with one attached hydrogen (secondary N) is 3. The van der Waals surface area contributed by atoms with E-state index in [9.17, 15) is 14.0 Å². The number of rotatable bonds is 4. The van der Waals surface area contributed by atoms with Crippen molar-refractivity contribution < 1.29 is 14.0 Å². The second-order valence-electron chi connectivity index (χ2n) is 7.36. The van der Waals surface area contributed by atoms with Crippen LogP contribution < -0.4 is 10.6 Å². The Bertz CT molecular complexity index is 1330. The summed E-state index contributed by atoms with van der Waals surface area (Å²) in [6, 6.07) is 13.3. The summed E-state index contributed by atoms with van der Waals surface area (Å²) in [6.45, 7) is 5.41. The number of aromatic amines is 1. The highest BCUT2D eigenvalue weighted by Gasteiger charge is 2.18. The van der Waals surface area contributed by atoms with Crippen molar-refractivity contribution in [3.05, 3.63) is 88.6 Å². The van der Waals surface area contributed by atoms with Crippen molar-refractivity contribution in [2.75, 3.05) is 10.6 Å². The molecule has 0 unspecified atom stereocenters. The number of H-pyrrole nitrogens is 1. The maximum atomic E-state index is 14.1. The average molecular weight is 416 g/mol. The van der Waals surface area contributed by atoms with Crippen LogP contribution in [0.4, 0.5) is 15.8 Å². The van der Waals surface area contributed by atoms with Crippen molar-refractivity contribution in [3.8, 4) is 0 Å². The van der Waals surface area contributed by atoms with Crippen LogP contribution in [-0.4, -0.2) is 21.8 Å². The summed E-state index contributed by atoms with van der Waals surface area (Å²) in [5, 5.41) is 6.32. The molecule has 31 heavy (non-hydrogen) atoms. The van der Waals surface area contributed by atoms with Crippen LogP contribution in [0.3, 0.4) is 0 Å². The second kappa shape index (κ2) is 8.02. The predicted molar refractivity (Wildman–Crippen MR) is 119 cm³/mol. The van der Waals surface area contributed by atoms with Crippen molar-refractivity contribution in [2.45, 2.75) is 20.8 Å². The molecule has 4 rings (SSSR count). The molecular formula is C24H21FN4O2. The fourth-order valence-electron chi connectivity index (χ4n) is 3.44. The molecule has 2 amide bonds. The molecule has 2 heterocycles. The van der Waals surface area contributed by atoms with Crippen LogP contribution in [-0.2, 0) is 0 Å². The van der Waals surface area contributed by atoms with Crippen LogP contribution in [0.5, 0.6) is 0 Å². The number of amides is 2. The molecule has 3 N–H and O–H groups in total. The number of anilines is 2. The Morgan fingerprint density at radius 1 is 0.935 bits per heavy atom. The van der Waals surface area contributed by atoms with Crippen LogP contribution in [0.25, 0.3) is 10.9 Å². The van der Waals surface area contributed by atoms with Gasteiger partial charge in [-0.15, -0.1) is 0 Å². The molecule has 0 saturated carbocycles. The standard InChI is InChI=1S/C24H21FN4O2/c1-13-9-10-16(23(30)27-19-8-5-11-26-15(19)3)12-20(13)28-24(31)21-14(2)17-6-4-7-18(25)22(17)29-21/h4-12,29H,1-3H3,(H,27,30)(H,28,31). The molecule has 0 aliphatic rings. The summed E-state index contributed by atoms with van der Waals surface area (Å²) >= 11 is 0. The van der Waals surface area contributed by atoms with E-state index in [4.69, 9.17) is 0 Å². The summed E-state index contributed by atoms with van der Waals surface area (Å²) in [5.74, 6) is -1.13. The molecule has 0 spiro atoms. The van der Waals surface area contributed by atoms with Gasteiger partial charge in [0.25, 0.3) is 11.8 Å². The Balaban J connectivity index is 1.60. The fraction of sp³-hybridized carbons (Fsp3) is 0.125. The van der Waals surface area contributed by atoms with Crippen LogP contribution in [0.1, 0.15) is 37.7 Å². The van der Waals surface area contributed by atoms with E-state index in [-0.39, 0.29) is 11.6 Å². The van der Waals surface area contributed by atoms with Crippen LogP contribution >= 0.6 is 0 Å². The maximum Gasteiger partial charge on any atom is 0.272 e. The zero-order valence-electron chi connectivity index (χ0n) is 17.3. The fourth-order valence-corrected chi connectivity index (χ4v) is 3.44. The van der Waals surface area contributed by atoms with Crippen LogP contribution in [0, 0.1) is 26.6 Å². The number of fused-ring (bicyclic) bond motifs is 1. The van der Waals surface area contributed by atoms with Gasteiger partial charge < -0.3 is 15.6 Å². The Hall–Kier alpha value is -4.00. The minimum atomic E-state index is -0.416. The summed E-state index contributed by atoms with van der Waals surface area (Å²) in [6.07, 6.45) is 1.66. The molecule has 2 aromatic carbocycles. The zero-order valence-corrected chi connectivity index (χ0v) is 17.3. The van der Waals surface area contributed by atoms with Gasteiger partial charge in [0.05, 0.1) is 16.9 Å². The highest BCUT2D eigenvalue weighted by molar-refractivity contribution is 6.09. The molecule has 7 heteroatoms. The Labute approximate surface area is 178 Å². The lowest BCUT2D eigenvalue weighted by molar-refractivity contribution is 0.101. The topological polar surface area (TPSA) is 86.9 Å². The van der Waals surface area contributed by atoms with E-state index in [2.05, 4.69) is 20.6 Å². The second-order valence-corrected chi connectivity index (χ2v) is 7.36. The highest BCUT2D eigenvalue weighted by Crippen LogP contribution is 2.25. The van der Waals surface area contributed by atoms with Gasteiger partial charge in [-0.05, 0) is 62.2 Å². The minimum absolute atomic E-state index is 0.278. The van der Waals surface area contributed by atoms with Crippen LogP contribution in [0.2, 0.25) is 0 Å². The first-order valence-electron chi connectivity index (χ1n) is 9.77. The first kappa shape index (κ1) is 20.3. The molecule has 0 bridgehead atoms. The first-order chi connectivity index (χ1) is 14.8. The van der Waals surface area contributed by atoms with Gasteiger partial charge in [-0.3, -0.25) is 14.6 Å². The smallest absolute Gasteiger partial charge is 0.272 e. The van der Waals surface area contributed by atoms with Crippen molar-refractivity contribution in [1.29, 1.82) is 0 Å². The quantitative estimate of drug-likeness (QED) is 0.431. The number of nitrogens with zero attached hydrogens (tertiary/aromatic N) is 1. The molecule has 0 aliphatic carbocycles. The summed E-state index contributed by atoms with van der Waals surface area (Å²) in [5.41, 5.74) is 4.24. The molecule has 0 radical (unpaired) electrons. The number of hydrogen-bond acceptors (Lipinski definition) is 3. The SMILES string of the molecule is Cc1ccc(C(=O)Nc2cccnc2C)cc1NC(=O)c1[nH]c2c(F)cccc2c1C. The largest absolute Gasteiger partial charge is 0.348 e. The monoisotopic (exact) mass is 416 g/mol. The van der Waals surface area contributed by atoms with Gasteiger partial charge in [0, 0.05) is 22.8 Å². The van der Waals surface area contributed by atoms with Gasteiger partial charge in [-0.25, -0.2) is 4.39 Å². The number of benzene rings is 2. The average Bonchev–Trinajstić information content (AvgIpc) is 3.09. The Morgan fingerprint density at radius 3 is 2.45 bits per heavy atom. The molecule has 0 saturated heterocycles. The van der Waals surface area contributed by atoms with Gasteiger partial charge in [0.2, 0.25) is 0 Å². The van der Waals surface area contributed by atoms with Crippen molar-refractivity contribution in [3.63, 3.8) is 0 Å². The number of hydrogen-bond donors (Lipinski definition) is 3. The number of aromatic nitrogens is 2.